The summed E-state index contributed by atoms with van der Waals surface area (Å²) in [5, 5.41) is 9.79. The summed E-state index contributed by atoms with van der Waals surface area (Å²) in [5.74, 6) is -0.733. The zero-order valence-corrected chi connectivity index (χ0v) is 10.7. The maximum absolute atomic E-state index is 12.7. The summed E-state index contributed by atoms with van der Waals surface area (Å²) >= 11 is 0. The molecule has 0 radical (unpaired) electrons. The van der Waals surface area contributed by atoms with Crippen LogP contribution in [0.3, 0.4) is 0 Å². The molecule has 2 aromatic rings. The third-order valence-corrected chi connectivity index (χ3v) is 2.36. The van der Waals surface area contributed by atoms with Gasteiger partial charge in [0.15, 0.2) is 13.2 Å². The molecule has 1 heterocycles. The van der Waals surface area contributed by atoms with Gasteiger partial charge in [-0.15, -0.1) is 10.2 Å². The van der Waals surface area contributed by atoms with Crippen molar-refractivity contribution in [3.05, 3.63) is 35.7 Å². The quantitative estimate of drug-likeness (QED) is 0.811. The first-order valence-electron chi connectivity index (χ1n) is 5.77. The van der Waals surface area contributed by atoms with E-state index in [0.717, 1.165) is 12.1 Å². The van der Waals surface area contributed by atoms with E-state index in [9.17, 15) is 26.3 Å². The Balaban J connectivity index is 2.05. The predicted octanol–water partition coefficient (Wildman–Crippen LogP) is 2.83. The van der Waals surface area contributed by atoms with Crippen LogP contribution in [0, 0.1) is 0 Å². The Morgan fingerprint density at radius 2 is 1.73 bits per heavy atom. The van der Waals surface area contributed by atoms with Crippen LogP contribution in [-0.2, 0) is 19.3 Å². The first kappa shape index (κ1) is 16.0. The van der Waals surface area contributed by atoms with E-state index in [0.29, 0.717) is 0 Å². The topological polar surface area (TPSA) is 52.8 Å². The van der Waals surface area contributed by atoms with Crippen molar-refractivity contribution in [3.8, 4) is 5.75 Å². The number of alkyl halides is 6. The van der Waals surface area contributed by atoms with Crippen LogP contribution in [0.5, 0.6) is 5.75 Å². The molecule has 0 saturated carbocycles. The zero-order chi connectivity index (χ0) is 16.4. The fourth-order valence-electron chi connectivity index (χ4n) is 1.53. The van der Waals surface area contributed by atoms with Crippen LogP contribution in [-0.4, -0.2) is 26.4 Å². The van der Waals surface area contributed by atoms with Crippen molar-refractivity contribution in [2.45, 2.75) is 25.5 Å². The molecule has 0 aliphatic carbocycles. The number of rotatable bonds is 4. The number of ether oxygens (including phenoxy) is 1. The average Bonchev–Trinajstić information content (AvgIpc) is 2.81. The van der Waals surface area contributed by atoms with Gasteiger partial charge in [0.2, 0.25) is 5.82 Å². The highest BCUT2D eigenvalue weighted by atomic mass is 19.4. The van der Waals surface area contributed by atoms with Gasteiger partial charge in [0.1, 0.15) is 5.75 Å². The van der Waals surface area contributed by atoms with E-state index in [4.69, 9.17) is 4.74 Å². The number of aromatic nitrogens is 4. The van der Waals surface area contributed by atoms with Crippen molar-refractivity contribution < 1.29 is 31.1 Å². The fourth-order valence-corrected chi connectivity index (χ4v) is 1.53. The standard InChI is InChI=1S/C11H8F6N4O/c12-10(13,14)6-21-19-9(18-20-21)5-22-8-4-2-1-3-7(8)11(15,16)17/h1-4H,5-6H2. The van der Waals surface area contributed by atoms with Gasteiger partial charge < -0.3 is 4.74 Å². The van der Waals surface area contributed by atoms with Crippen LogP contribution in [0.25, 0.3) is 0 Å². The van der Waals surface area contributed by atoms with E-state index < -0.39 is 36.8 Å². The molecule has 22 heavy (non-hydrogen) atoms. The normalized spacial score (nSPS) is 12.5. The molecule has 0 unspecified atom stereocenters. The minimum Gasteiger partial charge on any atom is -0.485 e. The second-order valence-electron chi connectivity index (χ2n) is 4.13. The summed E-state index contributed by atoms with van der Waals surface area (Å²) in [6, 6.07) is 4.43. The van der Waals surface area contributed by atoms with Gasteiger partial charge in [-0.3, -0.25) is 0 Å². The molecule has 0 amide bonds. The van der Waals surface area contributed by atoms with Gasteiger partial charge in [0.05, 0.1) is 5.56 Å². The van der Waals surface area contributed by atoms with E-state index >= 15 is 0 Å². The van der Waals surface area contributed by atoms with Crippen LogP contribution in [0.1, 0.15) is 11.4 Å². The highest BCUT2D eigenvalue weighted by Crippen LogP contribution is 2.36. The number of hydrogen-bond acceptors (Lipinski definition) is 4. The number of benzene rings is 1. The molecule has 2 rings (SSSR count). The minimum atomic E-state index is -4.61. The van der Waals surface area contributed by atoms with Crippen LogP contribution in [0.4, 0.5) is 26.3 Å². The summed E-state index contributed by atoms with van der Waals surface area (Å²) in [4.78, 5) is 0.286. The molecule has 11 heteroatoms. The molecule has 1 aromatic carbocycles. The lowest BCUT2D eigenvalue weighted by Crippen LogP contribution is -2.19. The number of hydrogen-bond donors (Lipinski definition) is 0. The van der Waals surface area contributed by atoms with Crippen LogP contribution in [0.15, 0.2) is 24.3 Å². The predicted molar refractivity (Wildman–Crippen MR) is 59.6 cm³/mol. The second-order valence-corrected chi connectivity index (χ2v) is 4.13. The van der Waals surface area contributed by atoms with Gasteiger partial charge in [-0.05, 0) is 17.3 Å². The van der Waals surface area contributed by atoms with Gasteiger partial charge in [0.25, 0.3) is 0 Å². The molecule has 0 aliphatic rings. The Bertz CT molecular complexity index is 636. The Hall–Kier alpha value is -2.33. The summed E-state index contributed by atoms with van der Waals surface area (Å²) in [7, 11) is 0. The third kappa shape index (κ3) is 4.33. The molecular formula is C11H8F6N4O. The molecule has 0 atom stereocenters. The first-order chi connectivity index (χ1) is 10.1. The van der Waals surface area contributed by atoms with Gasteiger partial charge in [-0.25, -0.2) is 0 Å². The largest absolute Gasteiger partial charge is 0.485 e. The van der Waals surface area contributed by atoms with Crippen molar-refractivity contribution >= 4 is 0 Å². The summed E-state index contributed by atoms with van der Waals surface area (Å²) < 4.78 is 79.3. The van der Waals surface area contributed by atoms with Gasteiger partial charge in [0, 0.05) is 0 Å². The third-order valence-electron chi connectivity index (χ3n) is 2.36. The fraction of sp³-hybridized carbons (Fsp3) is 0.364. The maximum Gasteiger partial charge on any atom is 0.419 e. The number of para-hydroxylation sites is 1. The van der Waals surface area contributed by atoms with E-state index in [-0.39, 0.29) is 10.6 Å². The van der Waals surface area contributed by atoms with E-state index in [2.05, 4.69) is 15.4 Å². The molecule has 0 saturated heterocycles. The lowest BCUT2D eigenvalue weighted by atomic mass is 10.2. The molecule has 0 bridgehead atoms. The number of nitrogens with zero attached hydrogens (tertiary/aromatic N) is 4. The first-order valence-corrected chi connectivity index (χ1v) is 5.77. The monoisotopic (exact) mass is 326 g/mol. The summed E-state index contributed by atoms with van der Waals surface area (Å²) in [6.07, 6.45) is -9.14. The van der Waals surface area contributed by atoms with Crippen molar-refractivity contribution in [1.29, 1.82) is 0 Å². The number of tetrazole rings is 1. The Kier molecular flexibility index (Phi) is 4.24. The van der Waals surface area contributed by atoms with Crippen LogP contribution < -0.4 is 4.74 Å². The molecule has 1 aromatic heterocycles. The molecule has 0 spiro atoms. The van der Waals surface area contributed by atoms with Gasteiger partial charge >= 0.3 is 12.4 Å². The van der Waals surface area contributed by atoms with E-state index in [1.54, 1.807) is 0 Å². The molecular weight excluding hydrogens is 318 g/mol. The number of halogens is 6. The average molecular weight is 326 g/mol. The van der Waals surface area contributed by atoms with Gasteiger partial charge in [-0.2, -0.15) is 31.1 Å². The lowest BCUT2D eigenvalue weighted by molar-refractivity contribution is -0.145. The highest BCUT2D eigenvalue weighted by molar-refractivity contribution is 5.35. The SMILES string of the molecule is FC(F)(F)Cn1nnc(COc2ccccc2C(F)(F)F)n1. The smallest absolute Gasteiger partial charge is 0.419 e. The lowest BCUT2D eigenvalue weighted by Gasteiger charge is -2.12. The van der Waals surface area contributed by atoms with Crippen LogP contribution >= 0.6 is 0 Å². The van der Waals surface area contributed by atoms with Crippen molar-refractivity contribution in [2.24, 2.45) is 0 Å². The van der Waals surface area contributed by atoms with Crippen molar-refractivity contribution in [2.75, 3.05) is 0 Å². The highest BCUT2D eigenvalue weighted by Gasteiger charge is 2.34. The molecule has 5 nitrogen and oxygen atoms in total. The van der Waals surface area contributed by atoms with Crippen molar-refractivity contribution in [3.63, 3.8) is 0 Å². The summed E-state index contributed by atoms with van der Waals surface area (Å²) in [6.45, 7) is -1.98. The second kappa shape index (κ2) is 5.81. The summed E-state index contributed by atoms with van der Waals surface area (Å²) in [5.41, 5.74) is -1.00. The maximum atomic E-state index is 12.7. The molecule has 0 N–H and O–H groups in total. The minimum absolute atomic E-state index is 0.263. The zero-order valence-electron chi connectivity index (χ0n) is 10.7. The van der Waals surface area contributed by atoms with Gasteiger partial charge in [-0.1, -0.05) is 12.1 Å². The molecule has 0 fully saturated rings. The van der Waals surface area contributed by atoms with E-state index in [1.807, 2.05) is 0 Å². The molecule has 120 valence electrons. The Labute approximate surface area is 119 Å². The van der Waals surface area contributed by atoms with Crippen molar-refractivity contribution in [1.82, 2.24) is 20.2 Å². The Morgan fingerprint density at radius 3 is 2.36 bits per heavy atom. The molecule has 0 aliphatic heterocycles. The Morgan fingerprint density at radius 1 is 1.05 bits per heavy atom. The van der Waals surface area contributed by atoms with Crippen LogP contribution in [0.2, 0.25) is 0 Å². The van der Waals surface area contributed by atoms with E-state index in [1.165, 1.54) is 12.1 Å².